The van der Waals surface area contributed by atoms with Crippen LogP contribution in [0.2, 0.25) is 0 Å². The molecule has 1 aliphatic carbocycles. The van der Waals surface area contributed by atoms with Crippen molar-refractivity contribution in [3.8, 4) is 0 Å². The number of nitrogens with one attached hydrogen (secondary N) is 2. The Morgan fingerprint density at radius 3 is 2.08 bits per heavy atom. The number of carbonyl (C=O) groups excluding carboxylic acids is 2. The number of aliphatic carboxylic acids is 1. The molecule has 3 N–H and O–H groups in total. The minimum atomic E-state index is -1.24. The molecular formula is C36H33ClN6O5S2. The highest BCUT2D eigenvalue weighted by molar-refractivity contribution is 8.00. The third-order valence-electron chi connectivity index (χ3n) is 9.06. The Hall–Kier alpha value is -4.72. The number of thioether (sulfide) groups is 1. The van der Waals surface area contributed by atoms with Crippen molar-refractivity contribution in [2.75, 3.05) is 16.9 Å². The number of anilines is 1. The number of carbonyl (C=O) groups is 3. The molecule has 0 radical (unpaired) electrons. The second-order valence-electron chi connectivity index (χ2n) is 12.1. The average molecular weight is 729 g/mol. The minimum absolute atomic E-state index is 0.0105. The number of fused-ring (bicyclic) bond motifs is 1. The van der Waals surface area contributed by atoms with Crippen LogP contribution in [0.5, 0.6) is 0 Å². The zero-order valence-corrected chi connectivity index (χ0v) is 29.1. The summed E-state index contributed by atoms with van der Waals surface area (Å²) in [7, 11) is 0. The van der Waals surface area contributed by atoms with E-state index in [9.17, 15) is 19.5 Å². The lowest BCUT2D eigenvalue weighted by molar-refractivity contribution is -0.150. The molecule has 4 aromatic rings. The maximum absolute atomic E-state index is 13.9. The molecule has 2 fully saturated rings. The molecule has 256 valence electrons. The summed E-state index contributed by atoms with van der Waals surface area (Å²) in [6.45, 7) is 0. The maximum Gasteiger partial charge on any atom is 0.352 e. The smallest absolute Gasteiger partial charge is 0.352 e. The minimum Gasteiger partial charge on any atom is -0.477 e. The van der Waals surface area contributed by atoms with E-state index in [1.54, 1.807) is 0 Å². The molecule has 1 saturated carbocycles. The molecule has 14 heteroatoms. The number of hydrogen-bond acceptors (Lipinski definition) is 10. The number of benzene rings is 3. The van der Waals surface area contributed by atoms with Gasteiger partial charge in [-0.2, -0.15) is 9.36 Å². The average Bonchev–Trinajstić information content (AvgIpc) is 3.86. The van der Waals surface area contributed by atoms with E-state index in [1.165, 1.54) is 16.7 Å². The SMILES string of the molecule is O=C(O)C1=C(CCl)CS[C@@H]2[C@H](NC(=O)/C(=N\OC3CCCC3)c3nsc(NC(c4ccccc4)(c4ccccc4)c4ccccc4)n3)C(=O)N12. The molecule has 0 unspecified atom stereocenters. The Labute approximate surface area is 301 Å². The Balaban J connectivity index is 1.21. The quantitative estimate of drug-likeness (QED) is 0.0559. The number of carboxylic acids is 1. The van der Waals surface area contributed by atoms with Crippen molar-refractivity contribution in [2.45, 2.75) is 48.7 Å². The van der Waals surface area contributed by atoms with Crippen molar-refractivity contribution in [1.82, 2.24) is 19.6 Å². The summed E-state index contributed by atoms with van der Waals surface area (Å²) in [5.74, 6) is -2.13. The lowest BCUT2D eigenvalue weighted by Gasteiger charge is -2.49. The first-order valence-electron chi connectivity index (χ1n) is 16.2. The van der Waals surface area contributed by atoms with Crippen molar-refractivity contribution in [2.24, 2.45) is 5.16 Å². The Morgan fingerprint density at radius 2 is 1.54 bits per heavy atom. The zero-order valence-electron chi connectivity index (χ0n) is 26.7. The number of oxime groups is 1. The predicted octanol–water partition coefficient (Wildman–Crippen LogP) is 5.58. The van der Waals surface area contributed by atoms with Crippen LogP contribution in [-0.2, 0) is 24.8 Å². The van der Waals surface area contributed by atoms with Crippen LogP contribution in [0.4, 0.5) is 5.13 Å². The van der Waals surface area contributed by atoms with E-state index < -0.39 is 34.7 Å². The molecule has 3 aliphatic rings. The Bertz CT molecular complexity index is 1840. The largest absolute Gasteiger partial charge is 0.477 e. The summed E-state index contributed by atoms with van der Waals surface area (Å²) in [5, 5.41) is 20.3. The van der Waals surface area contributed by atoms with Crippen LogP contribution >= 0.6 is 34.9 Å². The van der Waals surface area contributed by atoms with Gasteiger partial charge in [-0.05, 0) is 47.9 Å². The number of amides is 2. The number of nitrogens with zero attached hydrogens (tertiary/aromatic N) is 4. The van der Waals surface area contributed by atoms with Crippen LogP contribution in [-0.4, -0.2) is 72.0 Å². The first-order valence-corrected chi connectivity index (χ1v) is 18.6. The standard InChI is InChI=1S/C36H33ClN6O5S2/c37-20-22-21-49-33-28(32(45)43(33)29(22)34(46)47)38-31(44)27(41-48-26-18-10-11-19-26)30-39-35(50-42-30)40-36(23-12-4-1-5-13-23,24-14-6-2-7-15-24)25-16-8-3-9-17-25/h1-9,12-17,26,28,33H,10-11,18-21H2,(H,38,44)(H,46,47)(H,39,40,42)/b41-27-/t28-,33-/m1/s1. The molecule has 1 aromatic heterocycles. The van der Waals surface area contributed by atoms with E-state index in [1.807, 2.05) is 91.0 Å². The third-order valence-corrected chi connectivity index (χ3v) is 11.4. The van der Waals surface area contributed by atoms with Gasteiger partial charge in [-0.25, -0.2) is 4.79 Å². The molecule has 2 amide bonds. The normalized spacial score (nSPS) is 19.5. The van der Waals surface area contributed by atoms with Crippen LogP contribution < -0.4 is 10.6 Å². The van der Waals surface area contributed by atoms with Crippen molar-refractivity contribution < 1.29 is 24.3 Å². The fourth-order valence-electron chi connectivity index (χ4n) is 6.61. The molecule has 3 aromatic carbocycles. The van der Waals surface area contributed by atoms with E-state index in [-0.39, 0.29) is 29.2 Å². The lowest BCUT2D eigenvalue weighted by atomic mass is 9.77. The van der Waals surface area contributed by atoms with Crippen LogP contribution in [0, 0.1) is 0 Å². The highest BCUT2D eigenvalue weighted by atomic mass is 35.5. The summed E-state index contributed by atoms with van der Waals surface area (Å²) in [4.78, 5) is 51.0. The van der Waals surface area contributed by atoms with E-state index in [2.05, 4.69) is 20.2 Å². The number of rotatable bonds is 12. The van der Waals surface area contributed by atoms with Crippen LogP contribution in [0.15, 0.2) is 107 Å². The van der Waals surface area contributed by atoms with Crippen molar-refractivity contribution in [3.05, 3.63) is 125 Å². The lowest BCUT2D eigenvalue weighted by Crippen LogP contribution is -2.71. The van der Waals surface area contributed by atoms with E-state index in [0.29, 0.717) is 16.5 Å². The molecule has 0 bridgehead atoms. The number of halogens is 1. The van der Waals surface area contributed by atoms with Crippen molar-refractivity contribution in [1.29, 1.82) is 0 Å². The molecule has 11 nitrogen and oxygen atoms in total. The second-order valence-corrected chi connectivity index (χ2v) is 14.2. The highest BCUT2D eigenvalue weighted by Crippen LogP contribution is 2.42. The summed E-state index contributed by atoms with van der Waals surface area (Å²) in [6, 6.07) is 29.1. The molecular weight excluding hydrogens is 696 g/mol. The summed E-state index contributed by atoms with van der Waals surface area (Å²) in [6.07, 6.45) is 3.47. The number of β-lactam (4-membered cyclic amide) rings is 1. The molecule has 7 rings (SSSR count). The van der Waals surface area contributed by atoms with Gasteiger partial charge < -0.3 is 20.6 Å². The second kappa shape index (κ2) is 14.6. The molecule has 3 heterocycles. The van der Waals surface area contributed by atoms with Gasteiger partial charge in [0.05, 0.1) is 0 Å². The van der Waals surface area contributed by atoms with Crippen molar-refractivity contribution >= 4 is 63.5 Å². The van der Waals surface area contributed by atoms with Gasteiger partial charge in [0.1, 0.15) is 28.8 Å². The Kier molecular flexibility index (Phi) is 9.88. The van der Waals surface area contributed by atoms with Gasteiger partial charge in [-0.1, -0.05) is 96.2 Å². The van der Waals surface area contributed by atoms with Crippen LogP contribution in [0.3, 0.4) is 0 Å². The molecule has 1 saturated heterocycles. The third kappa shape index (κ3) is 6.36. The molecule has 2 aliphatic heterocycles. The fraction of sp³-hybridized carbons (Fsp3) is 0.278. The van der Waals surface area contributed by atoms with Crippen LogP contribution in [0.25, 0.3) is 0 Å². The zero-order chi connectivity index (χ0) is 34.7. The van der Waals surface area contributed by atoms with Gasteiger partial charge in [0, 0.05) is 23.2 Å². The van der Waals surface area contributed by atoms with Gasteiger partial charge in [-0.15, -0.1) is 23.4 Å². The Morgan fingerprint density at radius 1 is 0.960 bits per heavy atom. The monoisotopic (exact) mass is 728 g/mol. The number of aromatic nitrogens is 2. The van der Waals surface area contributed by atoms with E-state index in [4.69, 9.17) is 21.4 Å². The first-order chi connectivity index (χ1) is 24.4. The number of alkyl halides is 1. The summed E-state index contributed by atoms with van der Waals surface area (Å²) >= 11 is 8.40. The maximum atomic E-state index is 13.9. The topological polar surface area (TPSA) is 146 Å². The van der Waals surface area contributed by atoms with E-state index in [0.717, 1.165) is 53.9 Å². The van der Waals surface area contributed by atoms with Crippen molar-refractivity contribution in [3.63, 3.8) is 0 Å². The summed E-state index contributed by atoms with van der Waals surface area (Å²) in [5.41, 5.74) is 2.18. The van der Waals surface area contributed by atoms with E-state index >= 15 is 0 Å². The number of carboxylic acid groups (broad SMARTS) is 1. The van der Waals surface area contributed by atoms with Crippen LogP contribution in [0.1, 0.15) is 48.2 Å². The highest BCUT2D eigenvalue weighted by Gasteiger charge is 2.54. The predicted molar refractivity (Wildman–Crippen MR) is 193 cm³/mol. The van der Waals surface area contributed by atoms with Gasteiger partial charge in [0.15, 0.2) is 0 Å². The molecule has 0 spiro atoms. The van der Waals surface area contributed by atoms with Gasteiger partial charge in [0.2, 0.25) is 16.7 Å². The van der Waals surface area contributed by atoms with Gasteiger partial charge in [-0.3, -0.25) is 14.5 Å². The van der Waals surface area contributed by atoms with Gasteiger partial charge in [0.25, 0.3) is 11.8 Å². The fourth-order valence-corrected chi connectivity index (χ4v) is 8.92. The number of hydrogen-bond donors (Lipinski definition) is 3. The molecule has 50 heavy (non-hydrogen) atoms. The van der Waals surface area contributed by atoms with Gasteiger partial charge >= 0.3 is 5.97 Å². The summed E-state index contributed by atoms with van der Waals surface area (Å²) < 4.78 is 4.55. The molecule has 2 atom stereocenters. The first kappa shape index (κ1) is 33.8.